The third-order valence-corrected chi connectivity index (χ3v) is 7.42. The summed E-state index contributed by atoms with van der Waals surface area (Å²) in [6.45, 7) is 1.03. The van der Waals surface area contributed by atoms with Crippen molar-refractivity contribution < 1.29 is 27.5 Å². The van der Waals surface area contributed by atoms with Gasteiger partial charge in [-0.15, -0.1) is 0 Å². The molecule has 1 heterocycles. The first kappa shape index (κ1) is 22.9. The van der Waals surface area contributed by atoms with E-state index in [4.69, 9.17) is 4.74 Å². The van der Waals surface area contributed by atoms with Gasteiger partial charge in [0.2, 0.25) is 5.91 Å². The number of piperidine rings is 1. The third-order valence-electron chi connectivity index (χ3n) is 7.42. The van der Waals surface area contributed by atoms with Crippen LogP contribution in [0.5, 0.6) is 0 Å². The van der Waals surface area contributed by atoms with Crippen LogP contribution in [-0.4, -0.2) is 36.5 Å². The Kier molecular flexibility index (Phi) is 5.67. The molecule has 3 fully saturated rings. The highest BCUT2D eigenvalue weighted by Crippen LogP contribution is 2.49. The number of fused-ring (bicyclic) bond motifs is 1. The molecule has 2 aromatic carbocycles. The molecular weight excluding hydrogens is 445 g/mol. The molecule has 1 amide bonds. The van der Waals surface area contributed by atoms with E-state index in [1.807, 2.05) is 17.0 Å². The summed E-state index contributed by atoms with van der Waals surface area (Å²) in [6, 6.07) is 12.1. The highest BCUT2D eigenvalue weighted by atomic mass is 19.4. The van der Waals surface area contributed by atoms with Crippen molar-refractivity contribution in [3.63, 3.8) is 0 Å². The number of rotatable bonds is 6. The summed E-state index contributed by atoms with van der Waals surface area (Å²) in [5.74, 6) is 0.553. The van der Waals surface area contributed by atoms with Crippen LogP contribution in [0, 0.1) is 11.8 Å². The lowest BCUT2D eigenvalue weighted by atomic mass is 9.97. The van der Waals surface area contributed by atoms with Crippen LogP contribution in [0.2, 0.25) is 0 Å². The molecule has 3 atom stereocenters. The molecule has 5 rings (SSSR count). The Morgan fingerprint density at radius 2 is 1.82 bits per heavy atom. The molecule has 5 nitrogen and oxygen atoms in total. The van der Waals surface area contributed by atoms with Crippen molar-refractivity contribution >= 4 is 11.9 Å². The molecule has 0 spiro atoms. The number of carbonyl (C=O) groups excluding carboxylic acids is 2. The quantitative estimate of drug-likeness (QED) is 0.629. The summed E-state index contributed by atoms with van der Waals surface area (Å²) in [5, 5.41) is 3.23. The van der Waals surface area contributed by atoms with Gasteiger partial charge in [0.1, 0.15) is 0 Å². The van der Waals surface area contributed by atoms with Crippen molar-refractivity contribution in [2.24, 2.45) is 11.8 Å². The zero-order chi connectivity index (χ0) is 24.1. The molecule has 1 saturated heterocycles. The van der Waals surface area contributed by atoms with Gasteiger partial charge in [0.15, 0.2) is 0 Å². The van der Waals surface area contributed by atoms with Gasteiger partial charge in [0.25, 0.3) is 0 Å². The predicted octanol–water partition coefficient (Wildman–Crippen LogP) is 4.51. The summed E-state index contributed by atoms with van der Waals surface area (Å²) in [6.07, 6.45) is -0.973. The van der Waals surface area contributed by atoms with E-state index in [0.29, 0.717) is 29.5 Å². The Balaban J connectivity index is 1.31. The molecule has 34 heavy (non-hydrogen) atoms. The maximum atomic E-state index is 13.4. The Bertz CT molecular complexity index is 1100. The molecule has 2 aliphatic carbocycles. The number of amides is 1. The smallest absolute Gasteiger partial charge is 0.416 e. The fraction of sp³-hybridized carbons (Fsp3) is 0.462. The first-order valence-corrected chi connectivity index (χ1v) is 11.6. The minimum Gasteiger partial charge on any atom is -0.465 e. The van der Waals surface area contributed by atoms with E-state index in [-0.39, 0.29) is 11.9 Å². The minimum atomic E-state index is -4.39. The van der Waals surface area contributed by atoms with Gasteiger partial charge in [-0.2, -0.15) is 13.2 Å². The van der Waals surface area contributed by atoms with Crippen molar-refractivity contribution in [1.29, 1.82) is 0 Å². The van der Waals surface area contributed by atoms with Crippen LogP contribution in [-0.2, 0) is 27.8 Å². The van der Waals surface area contributed by atoms with Gasteiger partial charge < -0.3 is 10.1 Å². The van der Waals surface area contributed by atoms with E-state index in [9.17, 15) is 22.8 Å². The molecular formula is C26H27F3N2O3. The lowest BCUT2D eigenvalue weighted by Gasteiger charge is -2.35. The number of likely N-dealkylation sites (tertiary alicyclic amines) is 1. The van der Waals surface area contributed by atoms with Crippen molar-refractivity contribution in [3.05, 3.63) is 70.8 Å². The topological polar surface area (TPSA) is 58.6 Å². The molecule has 0 radical (unpaired) electrons. The van der Waals surface area contributed by atoms with E-state index < -0.39 is 23.2 Å². The summed E-state index contributed by atoms with van der Waals surface area (Å²) in [4.78, 5) is 27.2. The fourth-order valence-electron chi connectivity index (χ4n) is 5.19. The Morgan fingerprint density at radius 3 is 2.47 bits per heavy atom. The van der Waals surface area contributed by atoms with Crippen molar-refractivity contribution in [2.75, 3.05) is 13.7 Å². The number of nitrogens with one attached hydrogen (secondary N) is 1. The summed E-state index contributed by atoms with van der Waals surface area (Å²) >= 11 is 0. The number of hydrogen-bond acceptors (Lipinski definition) is 4. The number of esters is 1. The normalized spacial score (nSPS) is 25.2. The second-order valence-corrected chi connectivity index (χ2v) is 9.78. The van der Waals surface area contributed by atoms with Crippen molar-refractivity contribution in [2.45, 2.75) is 50.0 Å². The van der Waals surface area contributed by atoms with Crippen molar-refractivity contribution in [1.82, 2.24) is 10.2 Å². The van der Waals surface area contributed by atoms with E-state index >= 15 is 0 Å². The maximum Gasteiger partial charge on any atom is 0.416 e. The number of hydrogen-bond donors (Lipinski definition) is 1. The number of benzene rings is 2. The monoisotopic (exact) mass is 472 g/mol. The SMILES string of the molecule is COC(=O)c1ccc(C2(NC(=O)C3CC4CC4CN3Cc3cccc(C(F)(F)F)c3)CC2)cc1. The molecule has 1 aliphatic heterocycles. The van der Waals surface area contributed by atoms with Gasteiger partial charge in [-0.3, -0.25) is 9.69 Å². The molecule has 2 saturated carbocycles. The first-order valence-electron chi connectivity index (χ1n) is 11.6. The van der Waals surface area contributed by atoms with E-state index in [2.05, 4.69) is 5.32 Å². The van der Waals surface area contributed by atoms with E-state index in [1.54, 1.807) is 18.2 Å². The largest absolute Gasteiger partial charge is 0.465 e. The maximum absolute atomic E-state index is 13.4. The zero-order valence-electron chi connectivity index (χ0n) is 18.9. The molecule has 2 aromatic rings. The Labute approximate surface area is 196 Å². The first-order chi connectivity index (χ1) is 16.2. The summed E-state index contributed by atoms with van der Waals surface area (Å²) in [7, 11) is 1.33. The standard InChI is InChI=1S/C26H27F3N2O3/c1-34-24(33)17-5-7-20(8-6-17)25(9-10-25)30-23(32)22-13-18-12-19(18)15-31(22)14-16-3-2-4-21(11-16)26(27,28)29/h2-8,11,18-19,22H,9-10,12-15H2,1H3,(H,30,32). The number of nitrogens with zero attached hydrogens (tertiary/aromatic N) is 1. The lowest BCUT2D eigenvalue weighted by Crippen LogP contribution is -2.52. The zero-order valence-corrected chi connectivity index (χ0v) is 18.9. The minimum absolute atomic E-state index is 0.0770. The van der Waals surface area contributed by atoms with Crippen LogP contribution in [0.4, 0.5) is 13.2 Å². The predicted molar refractivity (Wildman–Crippen MR) is 119 cm³/mol. The highest BCUT2D eigenvalue weighted by Gasteiger charge is 2.51. The highest BCUT2D eigenvalue weighted by molar-refractivity contribution is 5.89. The summed E-state index contributed by atoms with van der Waals surface area (Å²) < 4.78 is 44.2. The van der Waals surface area contributed by atoms with Gasteiger partial charge in [-0.05, 0) is 66.8 Å². The second-order valence-electron chi connectivity index (χ2n) is 9.78. The molecule has 0 bridgehead atoms. The Morgan fingerprint density at radius 1 is 1.09 bits per heavy atom. The fourth-order valence-corrected chi connectivity index (χ4v) is 5.19. The van der Waals surface area contributed by atoms with Gasteiger partial charge in [-0.1, -0.05) is 30.3 Å². The van der Waals surface area contributed by atoms with Gasteiger partial charge in [-0.25, -0.2) is 4.79 Å². The molecule has 180 valence electrons. The van der Waals surface area contributed by atoms with Crippen molar-refractivity contribution in [3.8, 4) is 0 Å². The average Bonchev–Trinajstić information content (AvgIpc) is 3.74. The average molecular weight is 473 g/mol. The molecule has 3 aliphatic rings. The van der Waals surface area contributed by atoms with Crippen LogP contribution in [0.25, 0.3) is 0 Å². The number of halogens is 3. The molecule has 3 unspecified atom stereocenters. The lowest BCUT2D eigenvalue weighted by molar-refractivity contribution is -0.137. The van der Waals surface area contributed by atoms with E-state index in [0.717, 1.165) is 43.9 Å². The number of methoxy groups -OCH3 is 1. The Hall–Kier alpha value is -2.87. The van der Waals surface area contributed by atoms with Crippen LogP contribution >= 0.6 is 0 Å². The van der Waals surface area contributed by atoms with Crippen LogP contribution in [0.3, 0.4) is 0 Å². The number of alkyl halides is 3. The third kappa shape index (κ3) is 4.56. The van der Waals surface area contributed by atoms with Gasteiger partial charge >= 0.3 is 12.1 Å². The van der Waals surface area contributed by atoms with Crippen LogP contribution in [0.15, 0.2) is 48.5 Å². The van der Waals surface area contributed by atoms with Gasteiger partial charge in [0.05, 0.1) is 29.8 Å². The van der Waals surface area contributed by atoms with E-state index in [1.165, 1.54) is 19.2 Å². The van der Waals surface area contributed by atoms with Crippen LogP contribution in [0.1, 0.15) is 52.7 Å². The molecule has 1 N–H and O–H groups in total. The second kappa shape index (κ2) is 8.41. The summed E-state index contributed by atoms with van der Waals surface area (Å²) in [5.41, 5.74) is 0.838. The number of carbonyl (C=O) groups is 2. The molecule has 8 heteroatoms. The number of ether oxygens (including phenoxy) is 1. The van der Waals surface area contributed by atoms with Crippen LogP contribution < -0.4 is 5.32 Å². The van der Waals surface area contributed by atoms with Gasteiger partial charge in [0, 0.05) is 13.1 Å². The molecule has 0 aromatic heterocycles.